The third-order valence-corrected chi connectivity index (χ3v) is 5.17. The third-order valence-electron chi connectivity index (χ3n) is 4.92. The van der Waals surface area contributed by atoms with Gasteiger partial charge in [0.05, 0.1) is 11.3 Å². The molecule has 0 saturated carbocycles. The summed E-state index contributed by atoms with van der Waals surface area (Å²) in [6.45, 7) is 0.407. The van der Waals surface area contributed by atoms with E-state index in [-0.39, 0.29) is 24.3 Å². The van der Waals surface area contributed by atoms with Crippen LogP contribution >= 0.6 is 11.6 Å². The number of carbonyl (C=O) groups is 3. The molecule has 2 aliphatic heterocycles. The number of amides is 3. The standard InChI is InChI=1S/C20H18ClN3O3/c21-13-7-9-14(10-8-13)22-18(25)12-24-16-5-2-1-4-15(16)19(26)23-11-3-6-17(23)20(24)27/h1-2,4-5,7-10,17H,3,6,11-12H2,(H,22,25). The summed E-state index contributed by atoms with van der Waals surface area (Å²) in [7, 11) is 0. The van der Waals surface area contributed by atoms with Crippen LogP contribution in [0.5, 0.6) is 0 Å². The SMILES string of the molecule is O=C(CN1C(=O)C2CCCN2C(=O)c2ccccc21)Nc1ccc(Cl)cc1. The van der Waals surface area contributed by atoms with Crippen LogP contribution in [-0.2, 0) is 9.59 Å². The predicted molar refractivity (Wildman–Crippen MR) is 103 cm³/mol. The van der Waals surface area contributed by atoms with Gasteiger partial charge < -0.3 is 15.1 Å². The zero-order chi connectivity index (χ0) is 19.0. The Labute approximate surface area is 161 Å². The van der Waals surface area contributed by atoms with Crippen LogP contribution < -0.4 is 10.2 Å². The van der Waals surface area contributed by atoms with Crippen LogP contribution in [0.2, 0.25) is 5.02 Å². The van der Waals surface area contributed by atoms with Gasteiger partial charge in [-0.05, 0) is 49.2 Å². The molecule has 3 amide bonds. The molecule has 138 valence electrons. The van der Waals surface area contributed by atoms with E-state index in [1.54, 1.807) is 53.4 Å². The zero-order valence-corrected chi connectivity index (χ0v) is 15.3. The minimum atomic E-state index is -0.506. The molecule has 2 heterocycles. The van der Waals surface area contributed by atoms with Gasteiger partial charge in [-0.2, -0.15) is 0 Å². The molecule has 7 heteroatoms. The second kappa shape index (κ2) is 7.04. The van der Waals surface area contributed by atoms with E-state index in [0.717, 1.165) is 6.42 Å². The number of nitrogens with zero attached hydrogens (tertiary/aromatic N) is 2. The fourth-order valence-corrected chi connectivity index (χ4v) is 3.78. The number of nitrogens with one attached hydrogen (secondary N) is 1. The number of anilines is 2. The molecule has 1 N–H and O–H groups in total. The smallest absolute Gasteiger partial charge is 0.256 e. The number of rotatable bonds is 3. The first-order valence-electron chi connectivity index (χ1n) is 8.81. The lowest BCUT2D eigenvalue weighted by molar-refractivity contribution is -0.124. The number of para-hydroxylation sites is 1. The molecule has 1 fully saturated rings. The van der Waals surface area contributed by atoms with Crippen LogP contribution in [0, 0.1) is 0 Å². The lowest BCUT2D eigenvalue weighted by Gasteiger charge is -2.25. The summed E-state index contributed by atoms with van der Waals surface area (Å²) in [5.74, 6) is -0.696. The van der Waals surface area contributed by atoms with E-state index in [9.17, 15) is 14.4 Å². The fraction of sp³-hybridized carbons (Fsp3) is 0.250. The van der Waals surface area contributed by atoms with Crippen molar-refractivity contribution in [3.05, 3.63) is 59.1 Å². The van der Waals surface area contributed by atoms with Gasteiger partial charge in [0.25, 0.3) is 5.91 Å². The van der Waals surface area contributed by atoms with Crippen molar-refractivity contribution in [3.8, 4) is 0 Å². The van der Waals surface area contributed by atoms with Crippen molar-refractivity contribution >= 4 is 40.7 Å². The average Bonchev–Trinajstić information content (AvgIpc) is 3.14. The van der Waals surface area contributed by atoms with Crippen LogP contribution in [0.25, 0.3) is 0 Å². The van der Waals surface area contributed by atoms with Gasteiger partial charge in [-0.25, -0.2) is 0 Å². The van der Waals surface area contributed by atoms with Crippen molar-refractivity contribution in [2.75, 3.05) is 23.3 Å². The van der Waals surface area contributed by atoms with Gasteiger partial charge in [-0.3, -0.25) is 14.4 Å². The number of hydrogen-bond donors (Lipinski definition) is 1. The summed E-state index contributed by atoms with van der Waals surface area (Å²) < 4.78 is 0. The quantitative estimate of drug-likeness (QED) is 0.885. The molecule has 1 saturated heterocycles. The van der Waals surface area contributed by atoms with E-state index in [0.29, 0.717) is 34.9 Å². The molecule has 2 aromatic carbocycles. The molecule has 0 spiro atoms. The fourth-order valence-electron chi connectivity index (χ4n) is 3.65. The molecule has 27 heavy (non-hydrogen) atoms. The highest BCUT2D eigenvalue weighted by atomic mass is 35.5. The van der Waals surface area contributed by atoms with Gasteiger partial charge in [-0.15, -0.1) is 0 Å². The van der Waals surface area contributed by atoms with E-state index in [4.69, 9.17) is 11.6 Å². The van der Waals surface area contributed by atoms with E-state index in [1.165, 1.54) is 4.90 Å². The molecule has 0 radical (unpaired) electrons. The summed E-state index contributed by atoms with van der Waals surface area (Å²) in [6, 6.07) is 13.2. The monoisotopic (exact) mass is 383 g/mol. The van der Waals surface area contributed by atoms with Crippen LogP contribution in [0.15, 0.2) is 48.5 Å². The van der Waals surface area contributed by atoms with Gasteiger partial charge in [0.15, 0.2) is 0 Å². The molecular weight excluding hydrogens is 366 g/mol. The van der Waals surface area contributed by atoms with Gasteiger partial charge in [0, 0.05) is 17.3 Å². The second-order valence-corrected chi connectivity index (χ2v) is 7.09. The van der Waals surface area contributed by atoms with Gasteiger partial charge in [-0.1, -0.05) is 23.7 Å². The second-order valence-electron chi connectivity index (χ2n) is 6.65. The Morgan fingerprint density at radius 3 is 2.63 bits per heavy atom. The number of fused-ring (bicyclic) bond motifs is 2. The first-order valence-corrected chi connectivity index (χ1v) is 9.19. The predicted octanol–water partition coefficient (Wildman–Crippen LogP) is 2.93. The van der Waals surface area contributed by atoms with Crippen LogP contribution in [0.4, 0.5) is 11.4 Å². The molecule has 1 atom stereocenters. The third kappa shape index (κ3) is 3.28. The number of carbonyl (C=O) groups excluding carboxylic acids is 3. The number of hydrogen-bond acceptors (Lipinski definition) is 3. The average molecular weight is 384 g/mol. The maximum absolute atomic E-state index is 13.1. The summed E-state index contributed by atoms with van der Waals surface area (Å²) >= 11 is 5.86. The number of halogens is 1. The number of benzene rings is 2. The van der Waals surface area contributed by atoms with Gasteiger partial charge in [0.1, 0.15) is 12.6 Å². The summed E-state index contributed by atoms with van der Waals surface area (Å²) in [4.78, 5) is 41.6. The largest absolute Gasteiger partial charge is 0.327 e. The highest BCUT2D eigenvalue weighted by molar-refractivity contribution is 6.30. The van der Waals surface area contributed by atoms with Crippen molar-refractivity contribution in [1.29, 1.82) is 0 Å². The van der Waals surface area contributed by atoms with Crippen molar-refractivity contribution < 1.29 is 14.4 Å². The molecule has 0 aliphatic carbocycles. The molecule has 6 nitrogen and oxygen atoms in total. The Kier molecular flexibility index (Phi) is 4.58. The van der Waals surface area contributed by atoms with E-state index in [1.807, 2.05) is 0 Å². The normalized spacial score (nSPS) is 18.8. The Morgan fingerprint density at radius 2 is 1.85 bits per heavy atom. The molecule has 4 rings (SSSR count). The minimum Gasteiger partial charge on any atom is -0.327 e. The molecule has 2 aromatic rings. The molecule has 1 unspecified atom stereocenters. The van der Waals surface area contributed by atoms with Crippen molar-refractivity contribution in [1.82, 2.24) is 4.90 Å². The van der Waals surface area contributed by atoms with Crippen LogP contribution in [0.1, 0.15) is 23.2 Å². The highest BCUT2D eigenvalue weighted by Gasteiger charge is 2.42. The Hall–Kier alpha value is -2.86. The highest BCUT2D eigenvalue weighted by Crippen LogP contribution is 2.32. The first kappa shape index (κ1) is 17.5. The van der Waals surface area contributed by atoms with Crippen molar-refractivity contribution in [2.45, 2.75) is 18.9 Å². The zero-order valence-electron chi connectivity index (χ0n) is 14.5. The Morgan fingerprint density at radius 1 is 1.11 bits per heavy atom. The summed E-state index contributed by atoms with van der Waals surface area (Å²) in [6.07, 6.45) is 1.41. The van der Waals surface area contributed by atoms with E-state index < -0.39 is 6.04 Å². The first-order chi connectivity index (χ1) is 13.0. The lowest BCUT2D eigenvalue weighted by atomic mass is 10.1. The van der Waals surface area contributed by atoms with Gasteiger partial charge in [0.2, 0.25) is 11.8 Å². The maximum Gasteiger partial charge on any atom is 0.256 e. The van der Waals surface area contributed by atoms with E-state index in [2.05, 4.69) is 5.32 Å². The molecule has 0 aromatic heterocycles. The molecule has 0 bridgehead atoms. The van der Waals surface area contributed by atoms with E-state index >= 15 is 0 Å². The Bertz CT molecular complexity index is 913. The van der Waals surface area contributed by atoms with Crippen molar-refractivity contribution in [3.63, 3.8) is 0 Å². The summed E-state index contributed by atoms with van der Waals surface area (Å²) in [5.41, 5.74) is 1.53. The minimum absolute atomic E-state index is 0.151. The topological polar surface area (TPSA) is 69.7 Å². The summed E-state index contributed by atoms with van der Waals surface area (Å²) in [5, 5.41) is 3.34. The van der Waals surface area contributed by atoms with Crippen LogP contribution in [0.3, 0.4) is 0 Å². The Balaban J connectivity index is 1.62. The van der Waals surface area contributed by atoms with Gasteiger partial charge >= 0.3 is 0 Å². The van der Waals surface area contributed by atoms with Crippen molar-refractivity contribution in [2.24, 2.45) is 0 Å². The maximum atomic E-state index is 13.1. The lowest BCUT2D eigenvalue weighted by Crippen LogP contribution is -2.47. The molecular formula is C20H18ClN3O3. The molecule has 2 aliphatic rings. The van der Waals surface area contributed by atoms with Crippen LogP contribution in [-0.4, -0.2) is 41.8 Å².